The molecule has 0 saturated heterocycles. The van der Waals surface area contributed by atoms with Gasteiger partial charge in [-0.1, -0.05) is 24.3 Å². The van der Waals surface area contributed by atoms with E-state index < -0.39 is 0 Å². The minimum atomic E-state index is 0.388. The van der Waals surface area contributed by atoms with Gasteiger partial charge in [0.25, 0.3) is 0 Å². The molecule has 0 radical (unpaired) electrons. The number of methoxy groups -OCH3 is 1. The van der Waals surface area contributed by atoms with Gasteiger partial charge >= 0.3 is 0 Å². The standard InChI is InChI=1S/C18H25NO/c1-12(15-6-8-17(20-3)9-7-15)19-13(2)18-11-14-4-5-16(18)10-14/h4-9,12-14,16,18-19H,10-11H2,1-3H3. The second-order valence-corrected chi connectivity index (χ2v) is 6.39. The molecule has 0 aromatic heterocycles. The molecular formula is C18H25NO. The first-order chi connectivity index (χ1) is 9.67. The Hall–Kier alpha value is -1.28. The Morgan fingerprint density at radius 3 is 2.40 bits per heavy atom. The summed E-state index contributed by atoms with van der Waals surface area (Å²) < 4.78 is 5.22. The van der Waals surface area contributed by atoms with Crippen LogP contribution in [0.2, 0.25) is 0 Å². The van der Waals surface area contributed by atoms with E-state index in [9.17, 15) is 0 Å². The van der Waals surface area contributed by atoms with E-state index in [1.807, 2.05) is 12.1 Å². The van der Waals surface area contributed by atoms with E-state index in [0.717, 1.165) is 23.5 Å². The summed E-state index contributed by atoms with van der Waals surface area (Å²) in [6.45, 7) is 4.60. The molecule has 5 atom stereocenters. The van der Waals surface area contributed by atoms with Gasteiger partial charge in [0.05, 0.1) is 7.11 Å². The quantitative estimate of drug-likeness (QED) is 0.819. The number of ether oxygens (including phenoxy) is 1. The molecule has 1 aromatic rings. The molecular weight excluding hydrogens is 246 g/mol. The van der Waals surface area contributed by atoms with Crippen molar-refractivity contribution < 1.29 is 4.74 Å². The molecule has 1 fully saturated rings. The third-order valence-corrected chi connectivity index (χ3v) is 5.10. The lowest BCUT2D eigenvalue weighted by atomic mass is 9.87. The summed E-state index contributed by atoms with van der Waals surface area (Å²) in [4.78, 5) is 0. The van der Waals surface area contributed by atoms with Crippen LogP contribution in [0.15, 0.2) is 36.4 Å². The number of fused-ring (bicyclic) bond motifs is 2. The van der Waals surface area contributed by atoms with Gasteiger partial charge in [-0.05, 0) is 62.1 Å². The lowest BCUT2D eigenvalue weighted by Gasteiger charge is -2.29. The van der Waals surface area contributed by atoms with Crippen LogP contribution in [0.4, 0.5) is 0 Å². The SMILES string of the molecule is COc1ccc(C(C)NC(C)C2CC3C=CC2C3)cc1. The van der Waals surface area contributed by atoms with Crippen LogP contribution in [-0.2, 0) is 0 Å². The van der Waals surface area contributed by atoms with Crippen LogP contribution in [-0.4, -0.2) is 13.2 Å². The molecule has 2 aliphatic carbocycles. The monoisotopic (exact) mass is 271 g/mol. The molecule has 20 heavy (non-hydrogen) atoms. The van der Waals surface area contributed by atoms with Crippen LogP contribution in [0.5, 0.6) is 5.75 Å². The van der Waals surface area contributed by atoms with Crippen molar-refractivity contribution in [3.05, 3.63) is 42.0 Å². The Labute approximate surface area is 122 Å². The Morgan fingerprint density at radius 2 is 1.85 bits per heavy atom. The number of benzene rings is 1. The van der Waals surface area contributed by atoms with Gasteiger partial charge in [-0.2, -0.15) is 0 Å². The lowest BCUT2D eigenvalue weighted by Crippen LogP contribution is -2.37. The number of hydrogen-bond acceptors (Lipinski definition) is 2. The van der Waals surface area contributed by atoms with Gasteiger partial charge in [-0.25, -0.2) is 0 Å². The van der Waals surface area contributed by atoms with E-state index in [1.165, 1.54) is 18.4 Å². The van der Waals surface area contributed by atoms with Crippen molar-refractivity contribution in [3.63, 3.8) is 0 Å². The highest BCUT2D eigenvalue weighted by Gasteiger charge is 2.38. The number of allylic oxidation sites excluding steroid dienone is 2. The second kappa shape index (κ2) is 5.61. The molecule has 0 aliphatic heterocycles. The van der Waals surface area contributed by atoms with Crippen molar-refractivity contribution in [1.82, 2.24) is 5.32 Å². The molecule has 0 amide bonds. The molecule has 3 rings (SSSR count). The fourth-order valence-electron chi connectivity index (χ4n) is 3.90. The van der Waals surface area contributed by atoms with Crippen molar-refractivity contribution in [1.29, 1.82) is 0 Å². The zero-order valence-electron chi connectivity index (χ0n) is 12.7. The second-order valence-electron chi connectivity index (χ2n) is 6.39. The minimum Gasteiger partial charge on any atom is -0.497 e. The van der Waals surface area contributed by atoms with Gasteiger partial charge in [0.15, 0.2) is 0 Å². The Morgan fingerprint density at radius 1 is 1.10 bits per heavy atom. The zero-order valence-corrected chi connectivity index (χ0v) is 12.7. The van der Waals surface area contributed by atoms with Gasteiger partial charge in [0.1, 0.15) is 5.75 Å². The minimum absolute atomic E-state index is 0.388. The molecule has 2 heteroatoms. The molecule has 1 aromatic carbocycles. The molecule has 2 aliphatic rings. The number of rotatable bonds is 5. The maximum absolute atomic E-state index is 5.22. The Kier molecular flexibility index (Phi) is 3.84. The zero-order chi connectivity index (χ0) is 14.1. The van der Waals surface area contributed by atoms with Crippen molar-refractivity contribution >= 4 is 0 Å². The van der Waals surface area contributed by atoms with Gasteiger partial charge in [-0.15, -0.1) is 0 Å². The first-order valence-electron chi connectivity index (χ1n) is 7.75. The first-order valence-corrected chi connectivity index (χ1v) is 7.75. The smallest absolute Gasteiger partial charge is 0.118 e. The first kappa shape index (κ1) is 13.7. The Balaban J connectivity index is 1.60. The van der Waals surface area contributed by atoms with Crippen molar-refractivity contribution in [2.24, 2.45) is 17.8 Å². The largest absolute Gasteiger partial charge is 0.497 e. The topological polar surface area (TPSA) is 21.3 Å². The molecule has 1 N–H and O–H groups in total. The van der Waals surface area contributed by atoms with Crippen molar-refractivity contribution in [2.45, 2.75) is 38.8 Å². The van der Waals surface area contributed by atoms with Crippen LogP contribution in [0.1, 0.15) is 38.3 Å². The van der Waals surface area contributed by atoms with E-state index >= 15 is 0 Å². The summed E-state index contributed by atoms with van der Waals surface area (Å²) in [5.41, 5.74) is 1.33. The third-order valence-electron chi connectivity index (χ3n) is 5.10. The summed E-state index contributed by atoms with van der Waals surface area (Å²) in [5, 5.41) is 3.79. The number of hydrogen-bond donors (Lipinski definition) is 1. The third kappa shape index (κ3) is 2.62. The van der Waals surface area contributed by atoms with Gasteiger partial charge in [0.2, 0.25) is 0 Å². The predicted octanol–water partition coefficient (Wildman–Crippen LogP) is 3.95. The average molecular weight is 271 g/mol. The summed E-state index contributed by atoms with van der Waals surface area (Å²) in [5.74, 6) is 3.40. The van der Waals surface area contributed by atoms with Crippen molar-refractivity contribution in [3.8, 4) is 5.75 Å². The maximum atomic E-state index is 5.22. The van der Waals surface area contributed by atoms with Gasteiger partial charge in [-0.3, -0.25) is 0 Å². The highest BCUT2D eigenvalue weighted by molar-refractivity contribution is 5.29. The van der Waals surface area contributed by atoms with Crippen LogP contribution < -0.4 is 10.1 Å². The lowest BCUT2D eigenvalue weighted by molar-refractivity contribution is 0.307. The molecule has 2 bridgehead atoms. The van der Waals surface area contributed by atoms with Crippen LogP contribution in [0, 0.1) is 17.8 Å². The fourth-order valence-corrected chi connectivity index (χ4v) is 3.90. The fraction of sp³-hybridized carbons (Fsp3) is 0.556. The van der Waals surface area contributed by atoms with E-state index in [1.54, 1.807) is 7.11 Å². The molecule has 108 valence electrons. The van der Waals surface area contributed by atoms with E-state index in [4.69, 9.17) is 4.74 Å². The normalized spacial score (nSPS) is 30.4. The summed E-state index contributed by atoms with van der Waals surface area (Å²) in [6, 6.07) is 9.36. The number of nitrogens with one attached hydrogen (secondary N) is 1. The van der Waals surface area contributed by atoms with Crippen LogP contribution >= 0.6 is 0 Å². The Bertz CT molecular complexity index is 479. The molecule has 1 saturated carbocycles. The van der Waals surface area contributed by atoms with Gasteiger partial charge in [0, 0.05) is 12.1 Å². The average Bonchev–Trinajstić information content (AvgIpc) is 3.10. The van der Waals surface area contributed by atoms with E-state index in [-0.39, 0.29) is 0 Å². The van der Waals surface area contributed by atoms with Crippen LogP contribution in [0.25, 0.3) is 0 Å². The van der Waals surface area contributed by atoms with Crippen molar-refractivity contribution in [2.75, 3.05) is 7.11 Å². The maximum Gasteiger partial charge on any atom is 0.118 e. The van der Waals surface area contributed by atoms with Crippen LogP contribution in [0.3, 0.4) is 0 Å². The molecule has 5 unspecified atom stereocenters. The summed E-state index contributed by atoms with van der Waals surface area (Å²) >= 11 is 0. The molecule has 2 nitrogen and oxygen atoms in total. The molecule has 0 spiro atoms. The summed E-state index contributed by atoms with van der Waals surface area (Å²) in [6.07, 6.45) is 7.61. The summed E-state index contributed by atoms with van der Waals surface area (Å²) in [7, 11) is 1.71. The highest BCUT2D eigenvalue weighted by atomic mass is 16.5. The van der Waals surface area contributed by atoms with E-state index in [2.05, 4.69) is 43.4 Å². The predicted molar refractivity (Wildman–Crippen MR) is 82.9 cm³/mol. The van der Waals surface area contributed by atoms with Gasteiger partial charge < -0.3 is 10.1 Å². The highest BCUT2D eigenvalue weighted by Crippen LogP contribution is 2.45. The molecule has 0 heterocycles. The van der Waals surface area contributed by atoms with E-state index in [0.29, 0.717) is 12.1 Å².